The van der Waals surface area contributed by atoms with Crippen molar-refractivity contribution in [2.24, 2.45) is 0 Å². The fourth-order valence-electron chi connectivity index (χ4n) is 3.06. The molecule has 1 aromatic heterocycles. The van der Waals surface area contributed by atoms with Crippen LogP contribution in [0.25, 0.3) is 25.1 Å². The quantitative estimate of drug-likeness (QED) is 0.344. The minimum absolute atomic E-state index is 0.118. The molecule has 3 heteroatoms. The number of rotatable bonds is 3. The molecule has 2 nitrogen and oxygen atoms in total. The standard InChI is InChI=1S/C21H17O2S/c1-2-23-21(22)15-12-13-20-18(14-15)17-10-6-7-11-19(17)24(20)16-8-4-3-5-9-16/h3-14H,2H2,1H3/q+1. The fraction of sp³-hybridized carbons (Fsp3) is 0.0952. The van der Waals surface area contributed by atoms with Gasteiger partial charge in [-0.15, -0.1) is 0 Å². The number of hydrogen-bond donors (Lipinski definition) is 0. The van der Waals surface area contributed by atoms with E-state index in [4.69, 9.17) is 4.74 Å². The van der Waals surface area contributed by atoms with Gasteiger partial charge in [0.1, 0.15) is 0 Å². The molecule has 0 N–H and O–H groups in total. The first-order valence-electron chi connectivity index (χ1n) is 7.99. The van der Waals surface area contributed by atoms with Gasteiger partial charge in [-0.3, -0.25) is 0 Å². The van der Waals surface area contributed by atoms with Crippen LogP contribution in [0.3, 0.4) is 0 Å². The number of hydrogen-bond acceptors (Lipinski definition) is 2. The van der Waals surface area contributed by atoms with E-state index in [0.29, 0.717) is 12.2 Å². The molecule has 0 aliphatic heterocycles. The molecule has 1 atom stereocenters. The Bertz CT molecular complexity index is 1030. The Morgan fingerprint density at radius 1 is 0.875 bits per heavy atom. The zero-order chi connectivity index (χ0) is 16.5. The molecule has 0 saturated carbocycles. The molecule has 0 aliphatic rings. The smallest absolute Gasteiger partial charge is 0.338 e. The summed E-state index contributed by atoms with van der Waals surface area (Å²) in [6.07, 6.45) is 0. The second-order valence-electron chi connectivity index (χ2n) is 5.55. The number of ether oxygens (including phenoxy) is 1. The molecule has 4 rings (SSSR count). The second kappa shape index (κ2) is 6.10. The molecule has 0 saturated heterocycles. The molecule has 1 heterocycles. The number of benzene rings is 3. The highest BCUT2D eigenvalue weighted by molar-refractivity contribution is 7.50. The largest absolute Gasteiger partial charge is 0.462 e. The van der Waals surface area contributed by atoms with E-state index in [-0.39, 0.29) is 16.4 Å². The Labute approximate surface area is 143 Å². The summed E-state index contributed by atoms with van der Waals surface area (Å²) in [7, 11) is -0.118. The van der Waals surface area contributed by atoms with Gasteiger partial charge in [-0.25, -0.2) is 4.79 Å². The lowest BCUT2D eigenvalue weighted by atomic mass is 10.1. The zero-order valence-corrected chi connectivity index (χ0v) is 14.2. The van der Waals surface area contributed by atoms with Crippen LogP contribution in [-0.4, -0.2) is 12.6 Å². The molecule has 1 unspecified atom stereocenters. The highest BCUT2D eigenvalue weighted by Crippen LogP contribution is 2.48. The van der Waals surface area contributed by atoms with Gasteiger partial charge in [0.2, 0.25) is 0 Å². The summed E-state index contributed by atoms with van der Waals surface area (Å²) in [4.78, 5) is 13.4. The fourth-order valence-corrected chi connectivity index (χ4v) is 5.44. The Balaban J connectivity index is 2.03. The average molecular weight is 333 g/mol. The van der Waals surface area contributed by atoms with Gasteiger partial charge in [0, 0.05) is 21.2 Å². The van der Waals surface area contributed by atoms with E-state index in [2.05, 4.69) is 54.6 Å². The van der Waals surface area contributed by atoms with Crippen LogP contribution in [0.1, 0.15) is 17.3 Å². The summed E-state index contributed by atoms with van der Waals surface area (Å²) in [5.74, 6) is -0.260. The monoisotopic (exact) mass is 333 g/mol. The lowest BCUT2D eigenvalue weighted by Crippen LogP contribution is -2.03. The highest BCUT2D eigenvalue weighted by atomic mass is 32.2. The maximum atomic E-state index is 12.1. The van der Waals surface area contributed by atoms with E-state index in [1.165, 1.54) is 19.7 Å². The SMILES string of the molecule is CCOC(=O)c1ccc2c(c1)c1ccccc1[s+]2-c1ccccc1. The van der Waals surface area contributed by atoms with E-state index >= 15 is 0 Å². The molecule has 0 bridgehead atoms. The van der Waals surface area contributed by atoms with Crippen LogP contribution in [0.15, 0.2) is 72.8 Å². The second-order valence-corrected chi connectivity index (χ2v) is 7.51. The van der Waals surface area contributed by atoms with Crippen LogP contribution in [0.2, 0.25) is 0 Å². The summed E-state index contributed by atoms with van der Waals surface area (Å²) in [6.45, 7) is 2.22. The summed E-state index contributed by atoms with van der Waals surface area (Å²) in [6, 6.07) is 24.9. The molecule has 4 aromatic rings. The summed E-state index contributed by atoms with van der Waals surface area (Å²) in [5, 5.41) is 2.36. The zero-order valence-electron chi connectivity index (χ0n) is 13.4. The number of carbonyl (C=O) groups excluding carboxylic acids is 1. The summed E-state index contributed by atoms with van der Waals surface area (Å²) < 4.78 is 7.74. The first kappa shape index (κ1) is 14.9. The molecule has 0 fully saturated rings. The number of thiophene rings is 1. The van der Waals surface area contributed by atoms with Crippen LogP contribution >= 0.6 is 10.5 Å². The van der Waals surface area contributed by atoms with E-state index in [9.17, 15) is 4.79 Å². The number of esters is 1. The number of fused-ring (bicyclic) bond motifs is 3. The molecule has 0 spiro atoms. The summed E-state index contributed by atoms with van der Waals surface area (Å²) >= 11 is 0. The van der Waals surface area contributed by atoms with Crippen molar-refractivity contribution < 1.29 is 9.53 Å². The lowest BCUT2D eigenvalue weighted by Gasteiger charge is -2.00. The van der Waals surface area contributed by atoms with E-state index < -0.39 is 0 Å². The molecular weight excluding hydrogens is 316 g/mol. The van der Waals surface area contributed by atoms with Crippen molar-refractivity contribution in [3.63, 3.8) is 0 Å². The summed E-state index contributed by atoms with van der Waals surface area (Å²) in [5.41, 5.74) is 0.615. The van der Waals surface area contributed by atoms with E-state index in [1.54, 1.807) is 0 Å². The van der Waals surface area contributed by atoms with Crippen molar-refractivity contribution in [2.75, 3.05) is 6.61 Å². The molecule has 118 valence electrons. The third kappa shape index (κ3) is 2.38. The van der Waals surface area contributed by atoms with Crippen molar-refractivity contribution >= 4 is 36.6 Å². The maximum absolute atomic E-state index is 12.1. The molecule has 3 aromatic carbocycles. The predicted octanol–water partition coefficient (Wildman–Crippen LogP) is 5.91. The number of carbonyl (C=O) groups is 1. The Hall–Kier alpha value is -2.65. The van der Waals surface area contributed by atoms with Crippen LogP contribution in [0, 0.1) is 0 Å². The lowest BCUT2D eigenvalue weighted by molar-refractivity contribution is 0.0526. The van der Waals surface area contributed by atoms with Crippen molar-refractivity contribution in [1.82, 2.24) is 0 Å². The Morgan fingerprint density at radius 3 is 2.38 bits per heavy atom. The van der Waals surface area contributed by atoms with Gasteiger partial charge in [0.05, 0.1) is 12.2 Å². The highest BCUT2D eigenvalue weighted by Gasteiger charge is 2.24. The van der Waals surface area contributed by atoms with Gasteiger partial charge in [-0.1, -0.05) is 30.3 Å². The van der Waals surface area contributed by atoms with Crippen molar-refractivity contribution in [2.45, 2.75) is 6.92 Å². The molecular formula is C21H17O2S+. The first-order valence-corrected chi connectivity index (χ1v) is 9.22. The average Bonchev–Trinajstić information content (AvgIpc) is 2.96. The van der Waals surface area contributed by atoms with Gasteiger partial charge in [-0.05, 0) is 49.4 Å². The third-order valence-electron chi connectivity index (χ3n) is 4.09. The minimum Gasteiger partial charge on any atom is -0.462 e. The van der Waals surface area contributed by atoms with Gasteiger partial charge < -0.3 is 4.74 Å². The molecule has 0 aliphatic carbocycles. The normalized spacial score (nSPS) is 11.8. The van der Waals surface area contributed by atoms with Gasteiger partial charge >= 0.3 is 5.97 Å². The van der Waals surface area contributed by atoms with Crippen molar-refractivity contribution in [1.29, 1.82) is 0 Å². The topological polar surface area (TPSA) is 26.3 Å². The Kier molecular flexibility index (Phi) is 3.79. The molecule has 0 radical (unpaired) electrons. The Morgan fingerprint density at radius 2 is 1.58 bits per heavy atom. The van der Waals surface area contributed by atoms with Crippen molar-refractivity contribution in [3.8, 4) is 4.90 Å². The van der Waals surface area contributed by atoms with Gasteiger partial charge in [0.15, 0.2) is 14.3 Å². The first-order chi connectivity index (χ1) is 11.8. The van der Waals surface area contributed by atoms with Crippen molar-refractivity contribution in [3.05, 3.63) is 78.4 Å². The van der Waals surface area contributed by atoms with Gasteiger partial charge in [0.25, 0.3) is 0 Å². The van der Waals surface area contributed by atoms with E-state index in [0.717, 1.165) is 5.39 Å². The van der Waals surface area contributed by atoms with E-state index in [1.807, 2.05) is 25.1 Å². The predicted molar refractivity (Wildman–Crippen MR) is 101 cm³/mol. The van der Waals surface area contributed by atoms with Gasteiger partial charge in [-0.2, -0.15) is 0 Å². The maximum Gasteiger partial charge on any atom is 0.338 e. The van der Waals surface area contributed by atoms with Crippen LogP contribution in [0.5, 0.6) is 0 Å². The van der Waals surface area contributed by atoms with Crippen LogP contribution in [-0.2, 0) is 4.74 Å². The minimum atomic E-state index is -0.260. The third-order valence-corrected chi connectivity index (χ3v) is 6.42. The molecule has 24 heavy (non-hydrogen) atoms. The molecule has 0 amide bonds. The van der Waals surface area contributed by atoms with Crippen LogP contribution < -0.4 is 0 Å². The van der Waals surface area contributed by atoms with Crippen LogP contribution in [0.4, 0.5) is 0 Å².